The number of nitrogens with one attached hydrogen (secondary N) is 1. The molecule has 1 N–H and O–H groups in total. The second-order valence-corrected chi connectivity index (χ2v) is 7.19. The molecule has 2 rings (SSSR count). The summed E-state index contributed by atoms with van der Waals surface area (Å²) in [7, 11) is 0. The van der Waals surface area contributed by atoms with Gasteiger partial charge in [-0.05, 0) is 52.5 Å². The van der Waals surface area contributed by atoms with Crippen LogP contribution in [0.25, 0.3) is 0 Å². The van der Waals surface area contributed by atoms with Crippen LogP contribution >= 0.6 is 27.3 Å². The fraction of sp³-hybridized carbons (Fsp3) is 0.375. The Balaban J connectivity index is 2.15. The Hall–Kier alpha value is -0.710. The molecule has 2 aromatic rings. The van der Waals surface area contributed by atoms with Gasteiger partial charge < -0.3 is 5.32 Å². The molecule has 0 aliphatic carbocycles. The smallest absolute Gasteiger partial charge is 0.123 e. The van der Waals surface area contributed by atoms with E-state index in [2.05, 4.69) is 53.5 Å². The highest BCUT2D eigenvalue weighted by Crippen LogP contribution is 2.30. The molecule has 1 heterocycles. The molecular weight excluding hydrogens is 337 g/mol. The standard InChI is InChI=1S/C16H19BrFNS/c1-10(2)16(12-4-6-14(18)7-5-12)19-11(3)15-8-13(17)9-20-15/h4-11,16,19H,1-3H3. The third kappa shape index (κ3) is 3.90. The Bertz CT molecular complexity index is 550. The van der Waals surface area contributed by atoms with Crippen LogP contribution in [0, 0.1) is 11.7 Å². The van der Waals surface area contributed by atoms with Crippen molar-refractivity contribution in [2.24, 2.45) is 5.92 Å². The van der Waals surface area contributed by atoms with E-state index in [0.717, 1.165) is 10.0 Å². The lowest BCUT2D eigenvalue weighted by Crippen LogP contribution is -2.28. The second-order valence-electron chi connectivity index (χ2n) is 5.33. The van der Waals surface area contributed by atoms with Crippen molar-refractivity contribution < 1.29 is 4.39 Å². The van der Waals surface area contributed by atoms with E-state index in [0.29, 0.717) is 5.92 Å². The zero-order valence-electron chi connectivity index (χ0n) is 11.9. The minimum Gasteiger partial charge on any atom is -0.302 e. The van der Waals surface area contributed by atoms with Crippen LogP contribution < -0.4 is 5.32 Å². The maximum absolute atomic E-state index is 13.1. The van der Waals surface area contributed by atoms with Gasteiger partial charge >= 0.3 is 0 Å². The second kappa shape index (κ2) is 6.83. The molecule has 0 aliphatic rings. The van der Waals surface area contributed by atoms with Crippen molar-refractivity contribution in [1.29, 1.82) is 0 Å². The van der Waals surface area contributed by atoms with E-state index >= 15 is 0 Å². The van der Waals surface area contributed by atoms with E-state index in [9.17, 15) is 4.39 Å². The van der Waals surface area contributed by atoms with Gasteiger partial charge in [-0.1, -0.05) is 26.0 Å². The molecule has 0 saturated carbocycles. The van der Waals surface area contributed by atoms with Crippen LogP contribution in [0.1, 0.15) is 43.3 Å². The summed E-state index contributed by atoms with van der Waals surface area (Å²) in [6.45, 7) is 6.52. The van der Waals surface area contributed by atoms with E-state index < -0.39 is 0 Å². The molecule has 0 amide bonds. The van der Waals surface area contributed by atoms with Crippen LogP contribution in [0.4, 0.5) is 4.39 Å². The van der Waals surface area contributed by atoms with Crippen molar-refractivity contribution in [3.8, 4) is 0 Å². The summed E-state index contributed by atoms with van der Waals surface area (Å²) in [5.74, 6) is 0.248. The molecule has 0 bridgehead atoms. The summed E-state index contributed by atoms with van der Waals surface area (Å²) < 4.78 is 14.2. The van der Waals surface area contributed by atoms with E-state index in [1.54, 1.807) is 11.3 Å². The molecule has 2 atom stereocenters. The molecule has 20 heavy (non-hydrogen) atoms. The molecule has 0 fully saturated rings. The van der Waals surface area contributed by atoms with E-state index in [1.165, 1.54) is 17.0 Å². The fourth-order valence-corrected chi connectivity index (χ4v) is 3.71. The average molecular weight is 356 g/mol. The third-order valence-electron chi connectivity index (χ3n) is 3.34. The highest BCUT2D eigenvalue weighted by atomic mass is 79.9. The zero-order chi connectivity index (χ0) is 14.7. The van der Waals surface area contributed by atoms with Crippen molar-refractivity contribution in [3.63, 3.8) is 0 Å². The largest absolute Gasteiger partial charge is 0.302 e. The van der Waals surface area contributed by atoms with Crippen molar-refractivity contribution >= 4 is 27.3 Å². The summed E-state index contributed by atoms with van der Waals surface area (Å²) in [4.78, 5) is 1.30. The first-order chi connectivity index (χ1) is 9.47. The van der Waals surface area contributed by atoms with Gasteiger partial charge in [0.25, 0.3) is 0 Å². The molecule has 108 valence electrons. The maximum Gasteiger partial charge on any atom is 0.123 e. The van der Waals surface area contributed by atoms with Gasteiger partial charge in [0.15, 0.2) is 0 Å². The van der Waals surface area contributed by atoms with Crippen LogP contribution in [0.5, 0.6) is 0 Å². The maximum atomic E-state index is 13.1. The number of hydrogen-bond donors (Lipinski definition) is 1. The first-order valence-electron chi connectivity index (χ1n) is 6.73. The Morgan fingerprint density at radius 3 is 2.30 bits per heavy atom. The quantitative estimate of drug-likeness (QED) is 0.725. The summed E-state index contributed by atoms with van der Waals surface area (Å²) in [6, 6.07) is 9.41. The summed E-state index contributed by atoms with van der Waals surface area (Å²) in [6.07, 6.45) is 0. The van der Waals surface area contributed by atoms with Gasteiger partial charge in [0.1, 0.15) is 5.82 Å². The van der Waals surface area contributed by atoms with E-state index in [-0.39, 0.29) is 17.9 Å². The van der Waals surface area contributed by atoms with Crippen LogP contribution in [0.2, 0.25) is 0 Å². The number of halogens is 2. The SMILES string of the molecule is CC(NC(c1ccc(F)cc1)C(C)C)c1cc(Br)cs1. The Labute approximate surface area is 132 Å². The van der Waals surface area contributed by atoms with E-state index in [4.69, 9.17) is 0 Å². The molecule has 0 spiro atoms. The molecule has 2 unspecified atom stereocenters. The fourth-order valence-electron chi connectivity index (χ4n) is 2.25. The van der Waals surface area contributed by atoms with Gasteiger partial charge in [-0.3, -0.25) is 0 Å². The Morgan fingerprint density at radius 2 is 1.80 bits per heavy atom. The Kier molecular flexibility index (Phi) is 5.35. The van der Waals surface area contributed by atoms with Crippen molar-refractivity contribution in [3.05, 3.63) is 56.4 Å². The van der Waals surface area contributed by atoms with E-state index in [1.807, 2.05) is 12.1 Å². The van der Waals surface area contributed by atoms with Gasteiger partial charge in [0.2, 0.25) is 0 Å². The minimum absolute atomic E-state index is 0.188. The van der Waals surface area contributed by atoms with Gasteiger partial charge in [-0.25, -0.2) is 4.39 Å². The average Bonchev–Trinajstić information content (AvgIpc) is 2.83. The number of thiophene rings is 1. The van der Waals surface area contributed by atoms with Gasteiger partial charge in [-0.2, -0.15) is 0 Å². The monoisotopic (exact) mass is 355 g/mol. The topological polar surface area (TPSA) is 12.0 Å². The van der Waals surface area contributed by atoms with Crippen LogP contribution in [-0.2, 0) is 0 Å². The lowest BCUT2D eigenvalue weighted by molar-refractivity contribution is 0.376. The molecule has 1 nitrogen and oxygen atoms in total. The molecule has 0 radical (unpaired) electrons. The first kappa shape index (κ1) is 15.7. The van der Waals surface area contributed by atoms with Gasteiger partial charge in [0, 0.05) is 26.8 Å². The first-order valence-corrected chi connectivity index (χ1v) is 8.40. The minimum atomic E-state index is -0.188. The Morgan fingerprint density at radius 1 is 1.15 bits per heavy atom. The molecular formula is C16H19BrFNS. The van der Waals surface area contributed by atoms with Crippen LogP contribution in [-0.4, -0.2) is 0 Å². The van der Waals surface area contributed by atoms with Crippen molar-refractivity contribution in [1.82, 2.24) is 5.32 Å². The predicted molar refractivity (Wildman–Crippen MR) is 87.5 cm³/mol. The lowest BCUT2D eigenvalue weighted by atomic mass is 9.95. The summed E-state index contributed by atoms with van der Waals surface area (Å²) in [5, 5.41) is 5.74. The number of rotatable bonds is 5. The molecule has 4 heteroatoms. The van der Waals surface area contributed by atoms with Crippen LogP contribution in [0.15, 0.2) is 40.2 Å². The predicted octanol–water partition coefficient (Wildman–Crippen LogP) is 5.70. The van der Waals surface area contributed by atoms with Crippen molar-refractivity contribution in [2.75, 3.05) is 0 Å². The number of hydrogen-bond acceptors (Lipinski definition) is 2. The molecule has 1 aromatic carbocycles. The highest BCUT2D eigenvalue weighted by Gasteiger charge is 2.19. The van der Waals surface area contributed by atoms with Crippen molar-refractivity contribution in [2.45, 2.75) is 32.9 Å². The normalized spacial score (nSPS) is 14.5. The molecule has 0 aliphatic heterocycles. The summed E-state index contributed by atoms with van der Waals surface area (Å²) >= 11 is 5.23. The highest BCUT2D eigenvalue weighted by molar-refractivity contribution is 9.10. The summed E-state index contributed by atoms with van der Waals surface area (Å²) in [5.41, 5.74) is 1.13. The molecule has 1 aromatic heterocycles. The molecule has 0 saturated heterocycles. The zero-order valence-corrected chi connectivity index (χ0v) is 14.3. The number of benzene rings is 1. The van der Waals surface area contributed by atoms with Gasteiger partial charge in [0.05, 0.1) is 0 Å². The van der Waals surface area contributed by atoms with Crippen LogP contribution in [0.3, 0.4) is 0 Å². The lowest BCUT2D eigenvalue weighted by Gasteiger charge is -2.26. The third-order valence-corrected chi connectivity index (χ3v) is 5.22. The van der Waals surface area contributed by atoms with Gasteiger partial charge in [-0.15, -0.1) is 11.3 Å².